The number of amides is 1. The number of halogens is 4. The lowest BCUT2D eigenvalue weighted by molar-refractivity contribution is 0.102. The Bertz CT molecular complexity index is 688. The highest BCUT2D eigenvalue weighted by Crippen LogP contribution is 2.20. The van der Waals surface area contributed by atoms with E-state index in [1.54, 1.807) is 0 Å². The number of hydrogen-bond donors (Lipinski definition) is 2. The predicted molar refractivity (Wildman–Crippen MR) is 65.1 cm³/mol. The van der Waals surface area contributed by atoms with Gasteiger partial charge in [0, 0.05) is 5.69 Å². The van der Waals surface area contributed by atoms with Crippen LogP contribution in [-0.4, -0.2) is 5.91 Å². The lowest BCUT2D eigenvalue weighted by Gasteiger charge is -2.08. The molecule has 7 heteroatoms. The highest BCUT2D eigenvalue weighted by Gasteiger charge is 2.19. The van der Waals surface area contributed by atoms with Crippen molar-refractivity contribution in [2.45, 2.75) is 0 Å². The number of nitrogen functional groups attached to an aromatic ring is 1. The third-order valence-electron chi connectivity index (χ3n) is 2.52. The van der Waals surface area contributed by atoms with Crippen molar-refractivity contribution in [3.63, 3.8) is 0 Å². The average Bonchev–Trinajstić information content (AvgIpc) is 2.40. The maximum Gasteiger partial charge on any atom is 0.258 e. The summed E-state index contributed by atoms with van der Waals surface area (Å²) in [5, 5.41) is 2.03. The Morgan fingerprint density at radius 3 is 2.30 bits per heavy atom. The Hall–Kier alpha value is -2.57. The van der Waals surface area contributed by atoms with Gasteiger partial charge in [-0.15, -0.1) is 0 Å². The Morgan fingerprint density at radius 1 is 0.950 bits per heavy atom. The molecule has 0 atom stereocenters. The van der Waals surface area contributed by atoms with Gasteiger partial charge in [0.15, 0.2) is 17.5 Å². The summed E-state index contributed by atoms with van der Waals surface area (Å²) in [6.45, 7) is 0. The Kier molecular flexibility index (Phi) is 3.60. The van der Waals surface area contributed by atoms with Crippen molar-refractivity contribution in [3.05, 3.63) is 59.2 Å². The van der Waals surface area contributed by atoms with Gasteiger partial charge in [0.25, 0.3) is 5.91 Å². The van der Waals surface area contributed by atoms with Gasteiger partial charge in [0.05, 0.1) is 11.3 Å². The monoisotopic (exact) mass is 284 g/mol. The lowest BCUT2D eigenvalue weighted by atomic mass is 10.1. The van der Waals surface area contributed by atoms with E-state index in [0.717, 1.165) is 18.2 Å². The number of nitrogens with two attached hydrogens (primary N) is 1. The maximum atomic E-state index is 13.4. The fraction of sp³-hybridized carbons (Fsp3) is 0. The molecule has 2 aromatic rings. The smallest absolute Gasteiger partial charge is 0.258 e. The normalized spacial score (nSPS) is 10.4. The van der Waals surface area contributed by atoms with Crippen LogP contribution in [0.5, 0.6) is 0 Å². The second-order valence-electron chi connectivity index (χ2n) is 3.92. The van der Waals surface area contributed by atoms with Crippen molar-refractivity contribution in [2.75, 3.05) is 11.1 Å². The molecule has 0 heterocycles. The minimum absolute atomic E-state index is 0.174. The molecule has 1 amide bonds. The largest absolute Gasteiger partial charge is 0.399 e. The van der Waals surface area contributed by atoms with Crippen LogP contribution in [0.4, 0.5) is 28.9 Å². The molecule has 2 rings (SSSR count). The van der Waals surface area contributed by atoms with Crippen molar-refractivity contribution in [1.82, 2.24) is 0 Å². The van der Waals surface area contributed by atoms with Gasteiger partial charge in [-0.2, -0.15) is 0 Å². The Balaban J connectivity index is 2.33. The first kappa shape index (κ1) is 13.9. The van der Waals surface area contributed by atoms with Gasteiger partial charge >= 0.3 is 0 Å². The summed E-state index contributed by atoms with van der Waals surface area (Å²) in [6, 6.07) is 4.75. The van der Waals surface area contributed by atoms with E-state index in [2.05, 4.69) is 0 Å². The first-order valence-corrected chi connectivity index (χ1v) is 5.40. The molecule has 20 heavy (non-hydrogen) atoms. The highest BCUT2D eigenvalue weighted by atomic mass is 19.2. The van der Waals surface area contributed by atoms with Crippen LogP contribution in [0.25, 0.3) is 0 Å². The fourth-order valence-electron chi connectivity index (χ4n) is 1.53. The number of benzene rings is 2. The second kappa shape index (κ2) is 5.20. The van der Waals surface area contributed by atoms with Gasteiger partial charge in [0.1, 0.15) is 5.82 Å². The molecule has 0 saturated carbocycles. The van der Waals surface area contributed by atoms with Gasteiger partial charge in [-0.3, -0.25) is 4.79 Å². The summed E-state index contributed by atoms with van der Waals surface area (Å²) < 4.78 is 52.5. The van der Waals surface area contributed by atoms with E-state index < -0.39 is 34.7 Å². The molecule has 0 saturated heterocycles. The molecule has 3 N–H and O–H groups in total. The molecule has 0 aliphatic heterocycles. The van der Waals surface area contributed by atoms with E-state index in [1.165, 1.54) is 6.07 Å². The van der Waals surface area contributed by atoms with Crippen LogP contribution < -0.4 is 11.1 Å². The fourth-order valence-corrected chi connectivity index (χ4v) is 1.53. The molecular formula is C13H8F4N2O. The number of carbonyl (C=O) groups is 1. The van der Waals surface area contributed by atoms with Crippen molar-refractivity contribution < 1.29 is 22.4 Å². The van der Waals surface area contributed by atoms with E-state index in [4.69, 9.17) is 5.73 Å². The van der Waals surface area contributed by atoms with E-state index >= 15 is 0 Å². The van der Waals surface area contributed by atoms with Crippen LogP contribution in [0.1, 0.15) is 10.4 Å². The zero-order chi connectivity index (χ0) is 14.9. The van der Waals surface area contributed by atoms with Gasteiger partial charge in [-0.25, -0.2) is 17.6 Å². The topological polar surface area (TPSA) is 55.1 Å². The van der Waals surface area contributed by atoms with E-state index in [-0.39, 0.29) is 11.4 Å². The molecule has 2 aromatic carbocycles. The van der Waals surface area contributed by atoms with E-state index in [9.17, 15) is 22.4 Å². The first-order chi connectivity index (χ1) is 9.40. The first-order valence-electron chi connectivity index (χ1n) is 5.40. The van der Waals surface area contributed by atoms with E-state index in [1.807, 2.05) is 5.32 Å². The van der Waals surface area contributed by atoms with Gasteiger partial charge < -0.3 is 11.1 Å². The third-order valence-corrected chi connectivity index (χ3v) is 2.52. The molecule has 0 unspecified atom stereocenters. The molecule has 3 nitrogen and oxygen atoms in total. The number of nitrogens with one attached hydrogen (secondary N) is 1. The van der Waals surface area contributed by atoms with Crippen LogP contribution >= 0.6 is 0 Å². The van der Waals surface area contributed by atoms with Gasteiger partial charge in [-0.1, -0.05) is 0 Å². The minimum Gasteiger partial charge on any atom is -0.399 e. The summed E-state index contributed by atoms with van der Waals surface area (Å²) >= 11 is 0. The maximum absolute atomic E-state index is 13.4. The van der Waals surface area contributed by atoms with Crippen LogP contribution in [0, 0.1) is 23.3 Å². The van der Waals surface area contributed by atoms with Crippen LogP contribution in [0.15, 0.2) is 30.3 Å². The van der Waals surface area contributed by atoms with Gasteiger partial charge in [0.2, 0.25) is 0 Å². The molecular weight excluding hydrogens is 276 g/mol. The minimum atomic E-state index is -1.77. The summed E-state index contributed by atoms with van der Waals surface area (Å²) in [7, 11) is 0. The standard InChI is InChI=1S/C13H8F4N2O/c14-8-3-1-6(18)5-10(8)19-13(20)7-2-4-9(15)12(17)11(7)16/h1-5H,18H2,(H,19,20). The quantitative estimate of drug-likeness (QED) is 0.506. The second-order valence-corrected chi connectivity index (χ2v) is 3.92. The number of rotatable bonds is 2. The van der Waals surface area contributed by atoms with Crippen molar-refractivity contribution in [2.24, 2.45) is 0 Å². The molecule has 0 aliphatic carbocycles. The summed E-state index contributed by atoms with van der Waals surface area (Å²) in [4.78, 5) is 11.7. The SMILES string of the molecule is Nc1ccc(F)c(NC(=O)c2ccc(F)c(F)c2F)c1. The summed E-state index contributed by atoms with van der Waals surface area (Å²) in [5.74, 6) is -6.76. The molecule has 0 aliphatic rings. The molecule has 0 aromatic heterocycles. The van der Waals surface area contributed by atoms with Crippen LogP contribution in [-0.2, 0) is 0 Å². The number of hydrogen-bond acceptors (Lipinski definition) is 2. The molecule has 0 bridgehead atoms. The lowest BCUT2D eigenvalue weighted by Crippen LogP contribution is -2.16. The zero-order valence-corrected chi connectivity index (χ0v) is 9.88. The molecule has 0 spiro atoms. The predicted octanol–water partition coefficient (Wildman–Crippen LogP) is 3.08. The molecule has 0 fully saturated rings. The number of anilines is 2. The third kappa shape index (κ3) is 2.56. The summed E-state index contributed by atoms with van der Waals surface area (Å²) in [6.07, 6.45) is 0. The van der Waals surface area contributed by atoms with Crippen molar-refractivity contribution >= 4 is 17.3 Å². The molecule has 104 valence electrons. The average molecular weight is 284 g/mol. The summed E-state index contributed by atoms with van der Waals surface area (Å²) in [5.41, 5.74) is 4.55. The van der Waals surface area contributed by atoms with Crippen LogP contribution in [0.2, 0.25) is 0 Å². The Morgan fingerprint density at radius 2 is 1.60 bits per heavy atom. The van der Waals surface area contributed by atoms with Gasteiger partial charge in [-0.05, 0) is 30.3 Å². The van der Waals surface area contributed by atoms with Crippen LogP contribution in [0.3, 0.4) is 0 Å². The van der Waals surface area contributed by atoms with Crippen molar-refractivity contribution in [1.29, 1.82) is 0 Å². The Labute approximate surface area is 111 Å². The zero-order valence-electron chi connectivity index (χ0n) is 9.88. The highest BCUT2D eigenvalue weighted by molar-refractivity contribution is 6.04. The molecule has 0 radical (unpaired) electrons. The van der Waals surface area contributed by atoms with Crippen molar-refractivity contribution in [3.8, 4) is 0 Å². The number of carbonyl (C=O) groups excluding carboxylic acids is 1. The van der Waals surface area contributed by atoms with E-state index in [0.29, 0.717) is 6.07 Å².